The Bertz CT molecular complexity index is 990. The van der Waals surface area contributed by atoms with Crippen LogP contribution >= 0.6 is 0 Å². The number of methoxy groups -OCH3 is 1. The van der Waals surface area contributed by atoms with E-state index in [1.54, 1.807) is 7.11 Å². The summed E-state index contributed by atoms with van der Waals surface area (Å²) in [5.74, 6) is 1.34. The number of ketones is 1. The minimum atomic E-state index is -0.264. The van der Waals surface area contributed by atoms with E-state index in [0.717, 1.165) is 28.1 Å². The predicted octanol–water partition coefficient (Wildman–Crippen LogP) is 4.49. The molecular weight excluding hydrogens is 378 g/mol. The number of Topliss-reactive ketones (excluding diaryl/α,β-unsaturated/α-hetero) is 1. The number of hydrogen-bond donors (Lipinski definition) is 1. The average Bonchev–Trinajstić information content (AvgIpc) is 2.72. The van der Waals surface area contributed by atoms with Gasteiger partial charge in [0.1, 0.15) is 11.5 Å². The van der Waals surface area contributed by atoms with Crippen LogP contribution in [0.15, 0.2) is 59.8 Å². The van der Waals surface area contributed by atoms with Crippen LogP contribution in [0.1, 0.15) is 56.1 Å². The molecule has 30 heavy (non-hydrogen) atoms. The molecule has 1 aliphatic carbocycles. The summed E-state index contributed by atoms with van der Waals surface area (Å²) in [5, 5.41) is 2.98. The van der Waals surface area contributed by atoms with E-state index in [9.17, 15) is 9.59 Å². The molecule has 2 aliphatic rings. The fraction of sp³-hybridized carbons (Fsp3) is 0.360. The molecule has 0 fully saturated rings. The molecule has 0 saturated carbocycles. The van der Waals surface area contributed by atoms with Crippen molar-refractivity contribution in [3.63, 3.8) is 0 Å². The Labute approximate surface area is 177 Å². The van der Waals surface area contributed by atoms with E-state index in [0.29, 0.717) is 18.6 Å². The van der Waals surface area contributed by atoms with Crippen LogP contribution in [-0.2, 0) is 9.59 Å². The quantitative estimate of drug-likeness (QED) is 0.796. The van der Waals surface area contributed by atoms with Crippen molar-refractivity contribution < 1.29 is 19.1 Å². The Morgan fingerprint density at radius 3 is 2.40 bits per heavy atom. The van der Waals surface area contributed by atoms with Gasteiger partial charge < -0.3 is 14.8 Å². The minimum Gasteiger partial charge on any atom is -0.496 e. The third kappa shape index (κ3) is 3.97. The molecule has 0 radical (unpaired) electrons. The topological polar surface area (TPSA) is 64.6 Å². The lowest BCUT2D eigenvalue weighted by atomic mass is 9.73. The molecule has 1 heterocycles. The van der Waals surface area contributed by atoms with Crippen LogP contribution in [0.5, 0.6) is 11.5 Å². The number of allylic oxidation sites excluding steroid dienone is 2. The molecule has 2 aromatic carbocycles. The highest BCUT2D eigenvalue weighted by Crippen LogP contribution is 2.44. The smallest absolute Gasteiger partial charge is 0.225 e. The SMILES string of the molecule is COc1ccccc1C1CC(=O)NC2=C1C(=O)CC(c1ccc(OC(C)C)cc1)C2. The highest BCUT2D eigenvalue weighted by Gasteiger charge is 2.39. The van der Waals surface area contributed by atoms with Crippen molar-refractivity contribution in [1.29, 1.82) is 0 Å². The number of para-hydroxylation sites is 1. The normalized spacial score (nSPS) is 21.3. The largest absolute Gasteiger partial charge is 0.496 e. The molecule has 5 heteroatoms. The zero-order valence-electron chi connectivity index (χ0n) is 17.6. The first kappa shape index (κ1) is 20.2. The summed E-state index contributed by atoms with van der Waals surface area (Å²) in [6.07, 6.45) is 1.45. The van der Waals surface area contributed by atoms with Gasteiger partial charge in [-0.05, 0) is 49.9 Å². The van der Waals surface area contributed by atoms with E-state index >= 15 is 0 Å². The van der Waals surface area contributed by atoms with Crippen molar-refractivity contribution in [2.45, 2.75) is 51.0 Å². The first-order chi connectivity index (χ1) is 14.5. The zero-order chi connectivity index (χ0) is 21.3. The molecule has 0 aromatic heterocycles. The number of nitrogens with one attached hydrogen (secondary N) is 1. The molecule has 2 aromatic rings. The molecule has 0 bridgehead atoms. The molecule has 2 atom stereocenters. The Morgan fingerprint density at radius 1 is 0.967 bits per heavy atom. The number of carbonyl (C=O) groups is 2. The maximum absolute atomic E-state index is 13.2. The van der Waals surface area contributed by atoms with Crippen LogP contribution in [0, 0.1) is 0 Å². The van der Waals surface area contributed by atoms with Crippen molar-refractivity contribution in [3.8, 4) is 11.5 Å². The second-order valence-electron chi connectivity index (χ2n) is 8.20. The van der Waals surface area contributed by atoms with Crippen LogP contribution in [0.3, 0.4) is 0 Å². The number of benzene rings is 2. The summed E-state index contributed by atoms with van der Waals surface area (Å²) >= 11 is 0. The van der Waals surface area contributed by atoms with Crippen LogP contribution in [-0.4, -0.2) is 24.9 Å². The minimum absolute atomic E-state index is 0.0427. The summed E-state index contributed by atoms with van der Waals surface area (Å²) in [5.41, 5.74) is 3.46. The Hall–Kier alpha value is -3.08. The van der Waals surface area contributed by atoms with Gasteiger partial charge in [-0.15, -0.1) is 0 Å². The van der Waals surface area contributed by atoms with Gasteiger partial charge >= 0.3 is 0 Å². The number of ether oxygens (including phenoxy) is 2. The Morgan fingerprint density at radius 2 is 1.70 bits per heavy atom. The van der Waals surface area contributed by atoms with Gasteiger partial charge in [0.25, 0.3) is 0 Å². The van der Waals surface area contributed by atoms with E-state index in [4.69, 9.17) is 9.47 Å². The summed E-state index contributed by atoms with van der Waals surface area (Å²) in [6.45, 7) is 3.98. The number of rotatable bonds is 5. The number of carbonyl (C=O) groups excluding carboxylic acids is 2. The molecule has 5 nitrogen and oxygen atoms in total. The Balaban J connectivity index is 1.64. The number of amides is 1. The molecule has 0 spiro atoms. The van der Waals surface area contributed by atoms with E-state index in [2.05, 4.69) is 5.32 Å². The molecule has 156 valence electrons. The van der Waals surface area contributed by atoms with Crippen molar-refractivity contribution in [3.05, 3.63) is 70.9 Å². The Kier molecular flexibility index (Phi) is 5.62. The summed E-state index contributed by atoms with van der Waals surface area (Å²) in [7, 11) is 1.61. The molecule has 1 N–H and O–H groups in total. The molecule has 2 unspecified atom stereocenters. The average molecular weight is 405 g/mol. The molecular formula is C25H27NO4. The van der Waals surface area contributed by atoms with Gasteiger partial charge in [0, 0.05) is 35.6 Å². The molecule has 0 saturated heterocycles. The lowest BCUT2D eigenvalue weighted by Gasteiger charge is -2.35. The van der Waals surface area contributed by atoms with E-state index in [1.165, 1.54) is 0 Å². The monoisotopic (exact) mass is 405 g/mol. The van der Waals surface area contributed by atoms with Gasteiger partial charge in [-0.1, -0.05) is 30.3 Å². The van der Waals surface area contributed by atoms with Gasteiger partial charge in [0.15, 0.2) is 5.78 Å². The van der Waals surface area contributed by atoms with Crippen molar-refractivity contribution in [2.75, 3.05) is 7.11 Å². The third-order valence-corrected chi connectivity index (χ3v) is 5.77. The highest BCUT2D eigenvalue weighted by atomic mass is 16.5. The van der Waals surface area contributed by atoms with Crippen LogP contribution in [0.4, 0.5) is 0 Å². The maximum atomic E-state index is 13.2. The lowest BCUT2D eigenvalue weighted by Crippen LogP contribution is -2.38. The summed E-state index contributed by atoms with van der Waals surface area (Å²) in [6, 6.07) is 15.6. The second-order valence-corrected chi connectivity index (χ2v) is 8.20. The fourth-order valence-electron chi connectivity index (χ4n) is 4.51. The number of hydrogen-bond acceptors (Lipinski definition) is 4. The van der Waals surface area contributed by atoms with Crippen molar-refractivity contribution >= 4 is 11.7 Å². The maximum Gasteiger partial charge on any atom is 0.225 e. The van der Waals surface area contributed by atoms with Gasteiger partial charge in [-0.25, -0.2) is 0 Å². The first-order valence-electron chi connectivity index (χ1n) is 10.4. The molecule has 1 amide bonds. The van der Waals surface area contributed by atoms with Gasteiger partial charge in [-0.3, -0.25) is 9.59 Å². The molecule has 1 aliphatic heterocycles. The zero-order valence-corrected chi connectivity index (χ0v) is 17.6. The van der Waals surface area contributed by atoms with Crippen molar-refractivity contribution in [1.82, 2.24) is 5.32 Å². The van der Waals surface area contributed by atoms with E-state index in [1.807, 2.05) is 62.4 Å². The third-order valence-electron chi connectivity index (χ3n) is 5.77. The summed E-state index contributed by atoms with van der Waals surface area (Å²) in [4.78, 5) is 25.7. The van der Waals surface area contributed by atoms with Crippen LogP contribution in [0.25, 0.3) is 0 Å². The second kappa shape index (κ2) is 8.34. The van der Waals surface area contributed by atoms with Crippen molar-refractivity contribution in [2.24, 2.45) is 0 Å². The molecule has 4 rings (SSSR count). The van der Waals surface area contributed by atoms with Crippen LogP contribution in [0.2, 0.25) is 0 Å². The fourth-order valence-corrected chi connectivity index (χ4v) is 4.51. The highest BCUT2D eigenvalue weighted by molar-refractivity contribution is 6.02. The van der Waals surface area contributed by atoms with Gasteiger partial charge in [0.05, 0.1) is 13.2 Å². The first-order valence-corrected chi connectivity index (χ1v) is 10.4. The van der Waals surface area contributed by atoms with Gasteiger partial charge in [0.2, 0.25) is 5.91 Å². The van der Waals surface area contributed by atoms with Crippen LogP contribution < -0.4 is 14.8 Å². The van der Waals surface area contributed by atoms with E-state index < -0.39 is 0 Å². The predicted molar refractivity (Wildman–Crippen MR) is 115 cm³/mol. The van der Waals surface area contributed by atoms with E-state index in [-0.39, 0.29) is 36.1 Å². The lowest BCUT2D eigenvalue weighted by molar-refractivity contribution is -0.122. The summed E-state index contributed by atoms with van der Waals surface area (Å²) < 4.78 is 11.2. The van der Waals surface area contributed by atoms with Gasteiger partial charge in [-0.2, -0.15) is 0 Å². The standard InChI is InChI=1S/C25H27NO4/c1-15(2)30-18-10-8-16(9-11-18)17-12-21-25(22(27)13-17)20(14-24(28)26-21)19-6-4-5-7-23(19)29-3/h4-11,15,17,20H,12-14H2,1-3H3,(H,26,28).